The molecule has 4 unspecified atom stereocenters. The van der Waals surface area contributed by atoms with Crippen molar-refractivity contribution in [3.63, 3.8) is 0 Å². The quantitative estimate of drug-likeness (QED) is 0.162. The van der Waals surface area contributed by atoms with Crippen molar-refractivity contribution in [1.82, 2.24) is 16.0 Å². The van der Waals surface area contributed by atoms with E-state index in [0.29, 0.717) is 5.56 Å². The fourth-order valence-electron chi connectivity index (χ4n) is 2.82. The van der Waals surface area contributed by atoms with E-state index < -0.39 is 72.6 Å². The fourth-order valence-corrected chi connectivity index (χ4v) is 2.82. The molecule has 0 aliphatic heterocycles. The summed E-state index contributed by atoms with van der Waals surface area (Å²) in [5.41, 5.74) is 6.13. The molecule has 0 aliphatic carbocycles. The number of carboxylic acids is 3. The van der Waals surface area contributed by atoms with Gasteiger partial charge in [0.1, 0.15) is 18.1 Å². The average molecular weight is 480 g/mol. The molecule has 0 saturated heterocycles. The predicted octanol–water partition coefficient (Wildman–Crippen LogP) is -1.55. The van der Waals surface area contributed by atoms with E-state index in [0.717, 1.165) is 0 Å². The summed E-state index contributed by atoms with van der Waals surface area (Å²) in [5.74, 6) is -6.60. The molecule has 0 saturated carbocycles. The molecule has 0 spiro atoms. The summed E-state index contributed by atoms with van der Waals surface area (Å²) < 4.78 is 0. The molecule has 0 aliphatic rings. The first-order valence-electron chi connectivity index (χ1n) is 10.3. The first-order chi connectivity index (χ1) is 15.9. The molecule has 34 heavy (non-hydrogen) atoms. The number of nitrogens with one attached hydrogen (secondary N) is 3. The van der Waals surface area contributed by atoms with Crippen molar-refractivity contribution in [3.8, 4) is 0 Å². The Morgan fingerprint density at radius 1 is 0.824 bits per heavy atom. The number of carbonyl (C=O) groups is 6. The highest BCUT2D eigenvalue weighted by molar-refractivity contribution is 5.94. The third kappa shape index (κ3) is 10.1. The molecular formula is C21H28N4O9. The number of amides is 3. The first kappa shape index (κ1) is 28.0. The minimum atomic E-state index is -1.48. The van der Waals surface area contributed by atoms with Crippen LogP contribution in [0.3, 0.4) is 0 Å². The number of hydrogen-bond acceptors (Lipinski definition) is 7. The molecule has 8 N–H and O–H groups in total. The van der Waals surface area contributed by atoms with E-state index in [2.05, 4.69) is 16.0 Å². The van der Waals surface area contributed by atoms with Crippen molar-refractivity contribution in [2.75, 3.05) is 0 Å². The lowest BCUT2D eigenvalue weighted by Gasteiger charge is -2.23. The van der Waals surface area contributed by atoms with Gasteiger partial charge in [0.25, 0.3) is 0 Å². The lowest BCUT2D eigenvalue weighted by Crippen LogP contribution is -2.56. The van der Waals surface area contributed by atoms with Gasteiger partial charge >= 0.3 is 17.9 Å². The van der Waals surface area contributed by atoms with E-state index in [-0.39, 0.29) is 12.8 Å². The van der Waals surface area contributed by atoms with E-state index >= 15 is 0 Å². The number of nitrogens with two attached hydrogens (primary N) is 1. The molecular weight excluding hydrogens is 452 g/mol. The van der Waals surface area contributed by atoms with Crippen molar-refractivity contribution >= 4 is 35.6 Å². The molecule has 0 radical (unpaired) electrons. The Morgan fingerprint density at radius 3 is 1.94 bits per heavy atom. The summed E-state index contributed by atoms with van der Waals surface area (Å²) in [7, 11) is 0. The molecule has 1 aromatic rings. The standard InChI is InChI=1S/C21H28N4O9/c1-11(18(30)25-15(21(33)34)9-12-5-3-2-4-6-12)23-20(32)14(7-8-16(26)27)24-19(31)13(22)10-17(28)29/h2-6,11,13-15H,7-10,22H2,1H3,(H,23,32)(H,24,31)(H,25,30)(H,26,27)(H,28,29)(H,33,34). The van der Waals surface area contributed by atoms with Gasteiger partial charge in [0.2, 0.25) is 17.7 Å². The van der Waals surface area contributed by atoms with Crippen LogP contribution in [0.25, 0.3) is 0 Å². The molecule has 0 aromatic heterocycles. The lowest BCUT2D eigenvalue weighted by molar-refractivity contribution is -0.142. The largest absolute Gasteiger partial charge is 0.481 e. The minimum Gasteiger partial charge on any atom is -0.481 e. The molecule has 1 aromatic carbocycles. The second-order valence-corrected chi connectivity index (χ2v) is 7.52. The van der Waals surface area contributed by atoms with Crippen LogP contribution in [0.5, 0.6) is 0 Å². The van der Waals surface area contributed by atoms with Crippen molar-refractivity contribution in [3.05, 3.63) is 35.9 Å². The van der Waals surface area contributed by atoms with Crippen LogP contribution in [0.4, 0.5) is 0 Å². The first-order valence-corrected chi connectivity index (χ1v) is 10.3. The Morgan fingerprint density at radius 2 is 1.41 bits per heavy atom. The van der Waals surface area contributed by atoms with Crippen LogP contribution < -0.4 is 21.7 Å². The second-order valence-electron chi connectivity index (χ2n) is 7.52. The number of hydrogen-bond donors (Lipinski definition) is 7. The number of carboxylic acid groups (broad SMARTS) is 3. The Labute approximate surface area is 194 Å². The van der Waals surface area contributed by atoms with Gasteiger partial charge in [-0.05, 0) is 18.9 Å². The van der Waals surface area contributed by atoms with Gasteiger partial charge in [-0.2, -0.15) is 0 Å². The SMILES string of the molecule is CC(NC(=O)C(CCC(=O)O)NC(=O)C(N)CC(=O)O)C(=O)NC(Cc1ccccc1)C(=O)O. The molecule has 0 heterocycles. The predicted molar refractivity (Wildman–Crippen MR) is 116 cm³/mol. The van der Waals surface area contributed by atoms with Gasteiger partial charge in [0.05, 0.1) is 12.5 Å². The molecule has 0 fully saturated rings. The van der Waals surface area contributed by atoms with Crippen molar-refractivity contribution in [1.29, 1.82) is 0 Å². The van der Waals surface area contributed by atoms with Crippen LogP contribution in [0.1, 0.15) is 31.7 Å². The van der Waals surface area contributed by atoms with Crippen LogP contribution >= 0.6 is 0 Å². The van der Waals surface area contributed by atoms with Gasteiger partial charge in [-0.15, -0.1) is 0 Å². The van der Waals surface area contributed by atoms with Crippen molar-refractivity contribution < 1.29 is 44.1 Å². The third-order valence-corrected chi connectivity index (χ3v) is 4.66. The molecule has 3 amide bonds. The maximum Gasteiger partial charge on any atom is 0.326 e. The zero-order valence-electron chi connectivity index (χ0n) is 18.4. The topological polar surface area (TPSA) is 225 Å². The van der Waals surface area contributed by atoms with Gasteiger partial charge in [-0.25, -0.2) is 4.79 Å². The molecule has 13 nitrogen and oxygen atoms in total. The number of rotatable bonds is 14. The Balaban J connectivity index is 2.81. The summed E-state index contributed by atoms with van der Waals surface area (Å²) in [4.78, 5) is 70.3. The van der Waals surface area contributed by atoms with Crippen LogP contribution in [0.2, 0.25) is 0 Å². The molecule has 4 atom stereocenters. The minimum absolute atomic E-state index is 0.00133. The summed E-state index contributed by atoms with van der Waals surface area (Å²) in [6, 6.07) is 3.16. The van der Waals surface area contributed by atoms with Gasteiger partial charge in [0.15, 0.2) is 0 Å². The molecule has 1 rings (SSSR count). The van der Waals surface area contributed by atoms with Crippen LogP contribution in [0, 0.1) is 0 Å². The Kier molecular flexibility index (Phi) is 11.2. The summed E-state index contributed by atoms with van der Waals surface area (Å²) in [6.07, 6.45) is -1.57. The monoisotopic (exact) mass is 480 g/mol. The highest BCUT2D eigenvalue weighted by atomic mass is 16.4. The lowest BCUT2D eigenvalue weighted by atomic mass is 10.1. The van der Waals surface area contributed by atoms with Crippen molar-refractivity contribution in [2.45, 2.75) is 56.8 Å². The summed E-state index contributed by atoms with van der Waals surface area (Å²) in [6.45, 7) is 1.28. The Bertz CT molecular complexity index is 907. The smallest absolute Gasteiger partial charge is 0.326 e. The maximum atomic E-state index is 12.6. The Hall–Kier alpha value is -4.00. The zero-order chi connectivity index (χ0) is 25.8. The van der Waals surface area contributed by atoms with Crippen molar-refractivity contribution in [2.24, 2.45) is 5.73 Å². The second kappa shape index (κ2) is 13.5. The van der Waals surface area contributed by atoms with E-state index in [4.69, 9.17) is 15.9 Å². The third-order valence-electron chi connectivity index (χ3n) is 4.66. The zero-order valence-corrected chi connectivity index (χ0v) is 18.4. The summed E-state index contributed by atoms with van der Waals surface area (Å²) >= 11 is 0. The van der Waals surface area contributed by atoms with Gasteiger partial charge in [-0.3, -0.25) is 24.0 Å². The normalized spacial score (nSPS) is 14.1. The number of aliphatic carboxylic acids is 3. The number of carbonyl (C=O) groups excluding carboxylic acids is 3. The van der Waals surface area contributed by atoms with E-state index in [1.165, 1.54) is 6.92 Å². The van der Waals surface area contributed by atoms with Crippen LogP contribution in [0.15, 0.2) is 30.3 Å². The maximum absolute atomic E-state index is 12.6. The van der Waals surface area contributed by atoms with Gasteiger partial charge < -0.3 is 37.0 Å². The van der Waals surface area contributed by atoms with Crippen LogP contribution in [-0.4, -0.2) is 75.1 Å². The summed E-state index contributed by atoms with van der Waals surface area (Å²) in [5, 5.41) is 33.8. The highest BCUT2D eigenvalue weighted by Gasteiger charge is 2.29. The fraction of sp³-hybridized carbons (Fsp3) is 0.429. The number of benzene rings is 1. The highest BCUT2D eigenvalue weighted by Crippen LogP contribution is 2.05. The van der Waals surface area contributed by atoms with E-state index in [1.54, 1.807) is 30.3 Å². The molecule has 13 heteroatoms. The van der Waals surface area contributed by atoms with Gasteiger partial charge in [-0.1, -0.05) is 30.3 Å². The molecule has 186 valence electrons. The van der Waals surface area contributed by atoms with E-state index in [9.17, 15) is 33.9 Å². The molecule has 0 bridgehead atoms. The van der Waals surface area contributed by atoms with Gasteiger partial charge in [0, 0.05) is 12.8 Å². The van der Waals surface area contributed by atoms with Crippen LogP contribution in [-0.2, 0) is 35.2 Å². The average Bonchev–Trinajstić information content (AvgIpc) is 2.75. The van der Waals surface area contributed by atoms with E-state index in [1.807, 2.05) is 0 Å².